The predicted molar refractivity (Wildman–Crippen MR) is 65.0 cm³/mol. The van der Waals surface area contributed by atoms with Gasteiger partial charge in [-0.15, -0.1) is 5.10 Å². The number of hydrogen-bond acceptors (Lipinski definition) is 5. The second-order valence-corrected chi connectivity index (χ2v) is 3.92. The molecule has 0 saturated heterocycles. The van der Waals surface area contributed by atoms with Crippen LogP contribution in [0, 0.1) is 0 Å². The summed E-state index contributed by atoms with van der Waals surface area (Å²) in [6, 6.07) is 1.69. The van der Waals surface area contributed by atoms with Gasteiger partial charge in [0.05, 0.1) is 12.7 Å². The third-order valence-electron chi connectivity index (χ3n) is 2.51. The normalized spacial score (nSPS) is 10.8. The first-order chi connectivity index (χ1) is 8.76. The van der Waals surface area contributed by atoms with Crippen molar-refractivity contribution in [2.24, 2.45) is 5.73 Å². The van der Waals surface area contributed by atoms with Gasteiger partial charge in [-0.1, -0.05) is 12.1 Å². The summed E-state index contributed by atoms with van der Waals surface area (Å²) < 4.78 is 3.25. The first-order valence-electron chi connectivity index (χ1n) is 5.93. The van der Waals surface area contributed by atoms with Crippen molar-refractivity contribution in [1.29, 1.82) is 0 Å². The van der Waals surface area contributed by atoms with Gasteiger partial charge >= 0.3 is 0 Å². The molecule has 2 heterocycles. The van der Waals surface area contributed by atoms with E-state index in [1.54, 1.807) is 27.8 Å². The van der Waals surface area contributed by atoms with Crippen molar-refractivity contribution in [1.82, 2.24) is 24.8 Å². The summed E-state index contributed by atoms with van der Waals surface area (Å²) >= 11 is 0. The molecule has 0 saturated carbocycles. The molecule has 7 heteroatoms. The van der Waals surface area contributed by atoms with E-state index >= 15 is 0 Å². The highest BCUT2D eigenvalue weighted by Crippen LogP contribution is 2.07. The molecule has 96 valence electrons. The van der Waals surface area contributed by atoms with E-state index in [0.29, 0.717) is 31.0 Å². The maximum Gasteiger partial charge on any atom is 0.232 e. The molecule has 2 rings (SSSR count). The Labute approximate surface area is 105 Å². The molecule has 0 spiro atoms. The predicted octanol–water partition coefficient (Wildman–Crippen LogP) is 0.0743. The number of aromatic nitrogens is 5. The molecule has 2 N–H and O–H groups in total. The van der Waals surface area contributed by atoms with E-state index < -0.39 is 0 Å². The molecule has 0 fully saturated rings. The number of hydrogen-bond donors (Lipinski definition) is 1. The van der Waals surface area contributed by atoms with Gasteiger partial charge < -0.3 is 5.73 Å². The van der Waals surface area contributed by atoms with Gasteiger partial charge in [0, 0.05) is 19.3 Å². The Kier molecular flexibility index (Phi) is 3.83. The highest BCUT2D eigenvalue weighted by molar-refractivity contribution is 6.06. The molecule has 0 aliphatic carbocycles. The van der Waals surface area contributed by atoms with E-state index in [4.69, 9.17) is 5.73 Å². The molecule has 0 amide bonds. The van der Waals surface area contributed by atoms with Crippen molar-refractivity contribution in [3.63, 3.8) is 0 Å². The van der Waals surface area contributed by atoms with Gasteiger partial charge in [-0.3, -0.25) is 14.2 Å². The van der Waals surface area contributed by atoms with E-state index in [0.717, 1.165) is 6.42 Å². The van der Waals surface area contributed by atoms with Crippen LogP contribution in [0.3, 0.4) is 0 Å². The molecule has 0 aromatic carbocycles. The Morgan fingerprint density at radius 1 is 1.44 bits per heavy atom. The van der Waals surface area contributed by atoms with Crippen LogP contribution in [0.2, 0.25) is 0 Å². The lowest BCUT2D eigenvalue weighted by Gasteiger charge is -2.02. The lowest BCUT2D eigenvalue weighted by atomic mass is 10.2. The van der Waals surface area contributed by atoms with E-state index in [9.17, 15) is 4.79 Å². The number of rotatable bonds is 6. The smallest absolute Gasteiger partial charge is 0.232 e. The van der Waals surface area contributed by atoms with Gasteiger partial charge in [-0.05, 0) is 12.5 Å². The third-order valence-corrected chi connectivity index (χ3v) is 2.51. The van der Waals surface area contributed by atoms with Gasteiger partial charge in [0.2, 0.25) is 5.78 Å². The lowest BCUT2D eigenvalue weighted by molar-refractivity contribution is 0.102. The topological polar surface area (TPSA) is 91.6 Å². The fourth-order valence-electron chi connectivity index (χ4n) is 1.69. The first-order valence-corrected chi connectivity index (χ1v) is 5.93. The van der Waals surface area contributed by atoms with Crippen LogP contribution in [-0.2, 0) is 13.1 Å². The van der Waals surface area contributed by atoms with Crippen LogP contribution in [0.25, 0.3) is 0 Å². The minimum absolute atomic E-state index is 0.163. The van der Waals surface area contributed by atoms with Crippen LogP contribution in [0.5, 0.6) is 0 Å². The lowest BCUT2D eigenvalue weighted by Crippen LogP contribution is -2.12. The summed E-state index contributed by atoms with van der Waals surface area (Å²) in [5.74, 6) is -0.163. The van der Waals surface area contributed by atoms with Gasteiger partial charge in [0.15, 0.2) is 5.69 Å². The van der Waals surface area contributed by atoms with E-state index in [1.165, 1.54) is 0 Å². The highest BCUT2D eigenvalue weighted by atomic mass is 16.1. The summed E-state index contributed by atoms with van der Waals surface area (Å²) in [5, 5.41) is 11.8. The molecule has 0 radical (unpaired) electrons. The highest BCUT2D eigenvalue weighted by Gasteiger charge is 2.17. The third kappa shape index (κ3) is 2.45. The second kappa shape index (κ2) is 5.54. The van der Waals surface area contributed by atoms with Crippen LogP contribution < -0.4 is 5.73 Å². The molecular formula is C11H16N6O. The van der Waals surface area contributed by atoms with Crippen molar-refractivity contribution < 1.29 is 4.79 Å². The Morgan fingerprint density at radius 2 is 2.28 bits per heavy atom. The Morgan fingerprint density at radius 3 is 3.00 bits per heavy atom. The van der Waals surface area contributed by atoms with Crippen molar-refractivity contribution in [3.05, 3.63) is 29.8 Å². The van der Waals surface area contributed by atoms with E-state index in [-0.39, 0.29) is 5.78 Å². The van der Waals surface area contributed by atoms with Crippen LogP contribution in [0.1, 0.15) is 29.5 Å². The number of aryl methyl sites for hydroxylation is 1. The van der Waals surface area contributed by atoms with Gasteiger partial charge in [-0.2, -0.15) is 5.10 Å². The van der Waals surface area contributed by atoms with E-state index in [1.807, 2.05) is 6.92 Å². The molecule has 2 aromatic rings. The largest absolute Gasteiger partial charge is 0.329 e. The van der Waals surface area contributed by atoms with Crippen LogP contribution >= 0.6 is 0 Å². The molecule has 18 heavy (non-hydrogen) atoms. The molecule has 0 atom stereocenters. The summed E-state index contributed by atoms with van der Waals surface area (Å²) in [7, 11) is 0. The standard InChI is InChI=1S/C11H16N6O/c1-2-6-17-10(3-5-13-17)11(18)9-8-16(7-4-12)15-14-9/h3,5,8H,2,4,6-7,12H2,1H3. The Bertz CT molecular complexity index is 529. The average Bonchev–Trinajstić information content (AvgIpc) is 2.98. The van der Waals surface area contributed by atoms with Crippen molar-refractivity contribution in [3.8, 4) is 0 Å². The van der Waals surface area contributed by atoms with Crippen molar-refractivity contribution >= 4 is 5.78 Å². The van der Waals surface area contributed by atoms with Gasteiger partial charge in [-0.25, -0.2) is 0 Å². The zero-order chi connectivity index (χ0) is 13.0. The Hall–Kier alpha value is -2.02. The monoisotopic (exact) mass is 248 g/mol. The minimum Gasteiger partial charge on any atom is -0.329 e. The van der Waals surface area contributed by atoms with Crippen LogP contribution in [-0.4, -0.2) is 37.1 Å². The second-order valence-electron chi connectivity index (χ2n) is 3.92. The average molecular weight is 248 g/mol. The quantitative estimate of drug-likeness (QED) is 0.731. The molecule has 0 aliphatic heterocycles. The van der Waals surface area contributed by atoms with Crippen molar-refractivity contribution in [2.45, 2.75) is 26.4 Å². The number of nitrogens with two attached hydrogens (primary N) is 1. The maximum atomic E-state index is 12.2. The van der Waals surface area contributed by atoms with Crippen molar-refractivity contribution in [2.75, 3.05) is 6.54 Å². The van der Waals surface area contributed by atoms with E-state index in [2.05, 4.69) is 15.4 Å². The zero-order valence-corrected chi connectivity index (χ0v) is 10.3. The molecular weight excluding hydrogens is 232 g/mol. The molecule has 0 unspecified atom stereocenters. The molecule has 2 aromatic heterocycles. The number of carbonyl (C=O) groups is 1. The number of carbonyl (C=O) groups excluding carboxylic acids is 1. The summed E-state index contributed by atoms with van der Waals surface area (Å²) in [6.45, 7) is 3.76. The maximum absolute atomic E-state index is 12.2. The van der Waals surface area contributed by atoms with Crippen LogP contribution in [0.15, 0.2) is 18.5 Å². The zero-order valence-electron chi connectivity index (χ0n) is 10.3. The SMILES string of the molecule is CCCn1nccc1C(=O)c1cn(CCN)nn1. The first kappa shape index (κ1) is 12.4. The molecule has 0 bridgehead atoms. The summed E-state index contributed by atoms with van der Waals surface area (Å²) in [6.07, 6.45) is 4.15. The number of ketones is 1. The molecule has 7 nitrogen and oxygen atoms in total. The van der Waals surface area contributed by atoms with Crippen LogP contribution in [0.4, 0.5) is 0 Å². The van der Waals surface area contributed by atoms with Gasteiger partial charge in [0.1, 0.15) is 5.69 Å². The molecule has 0 aliphatic rings. The summed E-state index contributed by atoms with van der Waals surface area (Å²) in [5.41, 5.74) is 6.28. The summed E-state index contributed by atoms with van der Waals surface area (Å²) in [4.78, 5) is 12.2. The number of nitrogens with zero attached hydrogens (tertiary/aromatic N) is 5. The fourth-order valence-corrected chi connectivity index (χ4v) is 1.69. The minimum atomic E-state index is -0.163. The fraction of sp³-hybridized carbons (Fsp3) is 0.455. The Balaban J connectivity index is 2.21. The van der Waals surface area contributed by atoms with Gasteiger partial charge in [0.25, 0.3) is 0 Å².